The van der Waals surface area contributed by atoms with Gasteiger partial charge in [-0.15, -0.1) is 0 Å². The van der Waals surface area contributed by atoms with Crippen LogP contribution >= 0.6 is 11.8 Å². The highest BCUT2D eigenvalue weighted by Gasteiger charge is 2.26. The molecule has 0 amide bonds. The van der Waals surface area contributed by atoms with Crippen molar-refractivity contribution in [2.45, 2.75) is 11.8 Å². The van der Waals surface area contributed by atoms with Gasteiger partial charge in [-0.2, -0.15) is 0 Å². The van der Waals surface area contributed by atoms with E-state index in [9.17, 15) is 0 Å². The summed E-state index contributed by atoms with van der Waals surface area (Å²) in [7, 11) is 2.16. The molecule has 0 saturated heterocycles. The minimum Gasteiger partial charge on any atom is -0.338 e. The van der Waals surface area contributed by atoms with Crippen LogP contribution in [0.1, 0.15) is 16.7 Å². The van der Waals surface area contributed by atoms with Crippen molar-refractivity contribution < 1.29 is 0 Å². The largest absolute Gasteiger partial charge is 0.338 e. The van der Waals surface area contributed by atoms with Gasteiger partial charge in [0.25, 0.3) is 0 Å². The zero-order valence-electron chi connectivity index (χ0n) is 13.9. The van der Waals surface area contributed by atoms with E-state index in [1.165, 1.54) is 37.9 Å². The van der Waals surface area contributed by atoms with Crippen molar-refractivity contribution in [3.8, 4) is 0 Å². The van der Waals surface area contributed by atoms with Gasteiger partial charge < -0.3 is 4.90 Å². The van der Waals surface area contributed by atoms with E-state index in [-0.39, 0.29) is 0 Å². The molecule has 0 saturated carbocycles. The summed E-state index contributed by atoms with van der Waals surface area (Å²) in [4.78, 5) is 3.64. The lowest BCUT2D eigenvalue weighted by molar-refractivity contribution is 1.17. The molecular formula is C22H19NS. The van der Waals surface area contributed by atoms with Crippen LogP contribution in [0, 0.1) is 6.92 Å². The smallest absolute Gasteiger partial charge is 0.0884 e. The molecule has 0 spiro atoms. The molecule has 0 fully saturated rings. The van der Waals surface area contributed by atoms with Crippen molar-refractivity contribution in [2.24, 2.45) is 0 Å². The molecule has 1 nitrogen and oxygen atoms in total. The van der Waals surface area contributed by atoms with Crippen molar-refractivity contribution in [3.63, 3.8) is 0 Å². The molecule has 0 radical (unpaired) electrons. The van der Waals surface area contributed by atoms with Crippen LogP contribution in [-0.2, 0) is 0 Å². The summed E-state index contributed by atoms with van der Waals surface area (Å²) in [6.45, 7) is 2.15. The second-order valence-electron chi connectivity index (χ2n) is 6.04. The molecule has 0 aromatic heterocycles. The predicted molar refractivity (Wildman–Crippen MR) is 104 cm³/mol. The summed E-state index contributed by atoms with van der Waals surface area (Å²) < 4.78 is 0. The predicted octanol–water partition coefficient (Wildman–Crippen LogP) is 5.95. The van der Waals surface area contributed by atoms with Gasteiger partial charge in [0.15, 0.2) is 0 Å². The molecule has 1 aliphatic heterocycles. The molecule has 0 N–H and O–H groups in total. The number of rotatable bonds is 2. The average molecular weight is 329 g/mol. The molecule has 0 unspecified atom stereocenters. The van der Waals surface area contributed by atoms with E-state index >= 15 is 0 Å². The SMILES string of the molecule is Cc1ccc2c(c1)SC(=C(c1ccccc1)c1ccccc1)N2C. The molecule has 4 rings (SSSR count). The van der Waals surface area contributed by atoms with Crippen molar-refractivity contribution in [1.82, 2.24) is 0 Å². The van der Waals surface area contributed by atoms with Gasteiger partial charge in [0.2, 0.25) is 0 Å². The van der Waals surface area contributed by atoms with Crippen molar-refractivity contribution in [2.75, 3.05) is 11.9 Å². The minimum atomic E-state index is 1.25. The molecule has 3 aromatic carbocycles. The van der Waals surface area contributed by atoms with E-state index < -0.39 is 0 Å². The number of aryl methyl sites for hydroxylation is 1. The lowest BCUT2D eigenvalue weighted by Crippen LogP contribution is -2.12. The molecule has 2 heteroatoms. The first-order valence-electron chi connectivity index (χ1n) is 8.11. The van der Waals surface area contributed by atoms with Gasteiger partial charge in [-0.05, 0) is 35.7 Å². The number of benzene rings is 3. The van der Waals surface area contributed by atoms with E-state index in [0.717, 1.165) is 0 Å². The summed E-state index contributed by atoms with van der Waals surface area (Å²) in [6.07, 6.45) is 0. The first kappa shape index (κ1) is 15.1. The van der Waals surface area contributed by atoms with Gasteiger partial charge in [-0.3, -0.25) is 0 Å². The minimum absolute atomic E-state index is 1.25. The lowest BCUT2D eigenvalue weighted by Gasteiger charge is -2.19. The Bertz CT molecular complexity index is 856. The molecule has 3 aromatic rings. The Kier molecular flexibility index (Phi) is 3.91. The maximum atomic E-state index is 2.31. The van der Waals surface area contributed by atoms with Crippen LogP contribution in [0.5, 0.6) is 0 Å². The fourth-order valence-corrected chi connectivity index (χ4v) is 4.44. The fourth-order valence-electron chi connectivity index (χ4n) is 3.10. The standard InChI is InChI=1S/C22H19NS/c1-16-13-14-19-20(15-16)24-22(23(19)2)21(17-9-5-3-6-10-17)18-11-7-4-8-12-18/h3-15H,1-2H3. The summed E-state index contributed by atoms with van der Waals surface area (Å²) >= 11 is 1.86. The van der Waals surface area contributed by atoms with Crippen LogP contribution in [0.4, 0.5) is 5.69 Å². The third-order valence-corrected chi connectivity index (χ3v) is 5.54. The summed E-state index contributed by atoms with van der Waals surface area (Å²) in [5.41, 5.74) is 6.38. The Labute approximate surface area is 147 Å². The van der Waals surface area contributed by atoms with Crippen molar-refractivity contribution in [3.05, 3.63) is 101 Å². The van der Waals surface area contributed by atoms with E-state index in [1.54, 1.807) is 0 Å². The number of fused-ring (bicyclic) bond motifs is 1. The first-order valence-corrected chi connectivity index (χ1v) is 8.93. The van der Waals surface area contributed by atoms with Gasteiger partial charge >= 0.3 is 0 Å². The maximum absolute atomic E-state index is 2.31. The third-order valence-electron chi connectivity index (χ3n) is 4.33. The van der Waals surface area contributed by atoms with Crippen LogP contribution in [0.2, 0.25) is 0 Å². The molecule has 118 valence electrons. The zero-order valence-corrected chi connectivity index (χ0v) is 14.7. The number of hydrogen-bond acceptors (Lipinski definition) is 2. The Morgan fingerprint density at radius 2 is 1.38 bits per heavy atom. The number of thioether (sulfide) groups is 1. The van der Waals surface area contributed by atoms with Crippen molar-refractivity contribution >= 4 is 23.0 Å². The number of anilines is 1. The second-order valence-corrected chi connectivity index (χ2v) is 7.08. The van der Waals surface area contributed by atoms with E-state index in [0.29, 0.717) is 0 Å². The molecule has 0 aliphatic carbocycles. The highest BCUT2D eigenvalue weighted by molar-refractivity contribution is 8.04. The Morgan fingerprint density at radius 3 is 1.96 bits per heavy atom. The van der Waals surface area contributed by atoms with Crippen LogP contribution in [-0.4, -0.2) is 7.05 Å². The molecule has 0 atom stereocenters. The van der Waals surface area contributed by atoms with Crippen LogP contribution < -0.4 is 4.90 Å². The molecule has 1 heterocycles. The first-order chi connectivity index (χ1) is 11.7. The number of hydrogen-bond donors (Lipinski definition) is 0. The van der Waals surface area contributed by atoms with Crippen molar-refractivity contribution in [1.29, 1.82) is 0 Å². The van der Waals surface area contributed by atoms with E-state index in [4.69, 9.17) is 0 Å². The quantitative estimate of drug-likeness (QED) is 0.571. The van der Waals surface area contributed by atoms with Gasteiger partial charge in [0.1, 0.15) is 0 Å². The highest BCUT2D eigenvalue weighted by Crippen LogP contribution is 2.49. The van der Waals surface area contributed by atoms with Gasteiger partial charge in [-0.1, -0.05) is 78.5 Å². The van der Waals surface area contributed by atoms with Gasteiger partial charge in [0, 0.05) is 17.5 Å². The third kappa shape index (κ3) is 2.63. The van der Waals surface area contributed by atoms with Gasteiger partial charge in [-0.25, -0.2) is 0 Å². The van der Waals surface area contributed by atoms with E-state index in [1.807, 2.05) is 11.8 Å². The molecule has 24 heavy (non-hydrogen) atoms. The van der Waals surface area contributed by atoms with E-state index in [2.05, 4.69) is 97.7 Å². The fraction of sp³-hybridized carbons (Fsp3) is 0.0909. The maximum Gasteiger partial charge on any atom is 0.0884 e. The Morgan fingerprint density at radius 1 is 0.792 bits per heavy atom. The second kappa shape index (κ2) is 6.21. The highest BCUT2D eigenvalue weighted by atomic mass is 32.2. The zero-order chi connectivity index (χ0) is 16.5. The Balaban J connectivity index is 1.93. The topological polar surface area (TPSA) is 3.24 Å². The Hall–Kier alpha value is -2.45. The summed E-state index contributed by atoms with van der Waals surface area (Å²) in [6, 6.07) is 28.0. The molecule has 1 aliphatic rings. The molecule has 0 bridgehead atoms. The summed E-state index contributed by atoms with van der Waals surface area (Å²) in [5.74, 6) is 0. The molecular weight excluding hydrogens is 310 g/mol. The van der Waals surface area contributed by atoms with Crippen LogP contribution in [0.3, 0.4) is 0 Å². The normalized spacial score (nSPS) is 13.1. The lowest BCUT2D eigenvalue weighted by atomic mass is 9.98. The van der Waals surface area contributed by atoms with Gasteiger partial charge in [0.05, 0.1) is 10.7 Å². The average Bonchev–Trinajstić information content (AvgIpc) is 2.93. The van der Waals surface area contributed by atoms with Crippen LogP contribution in [0.25, 0.3) is 5.57 Å². The monoisotopic (exact) mass is 329 g/mol. The van der Waals surface area contributed by atoms with Crippen LogP contribution in [0.15, 0.2) is 88.8 Å². The summed E-state index contributed by atoms with van der Waals surface area (Å²) in [5, 5.41) is 1.29. The number of nitrogens with zero attached hydrogens (tertiary/aromatic N) is 1.